The quantitative estimate of drug-likeness (QED) is 0.335. The van der Waals surface area contributed by atoms with E-state index in [1.807, 2.05) is 6.92 Å². The number of Topliss-reactive ketones (excluding diaryl/α,β-unsaturated/α-hetero) is 1. The van der Waals surface area contributed by atoms with Crippen LogP contribution in [0.2, 0.25) is 0 Å². The Kier molecular flexibility index (Phi) is 5.66. The molecule has 10 heteroatoms. The van der Waals surface area contributed by atoms with Gasteiger partial charge in [0.05, 0.1) is 18.2 Å². The smallest absolute Gasteiger partial charge is 0.301 e. The van der Waals surface area contributed by atoms with E-state index in [4.69, 9.17) is 14.2 Å². The van der Waals surface area contributed by atoms with Crippen LogP contribution in [-0.2, 0) is 9.59 Å². The lowest BCUT2D eigenvalue weighted by Crippen LogP contribution is -2.29. The minimum absolute atomic E-state index is 0.0429. The number of hydrogen-bond donors (Lipinski definition) is 1. The number of carbonyl (C=O) groups excluding carboxylic acids is 2. The molecule has 2 aromatic carbocycles. The summed E-state index contributed by atoms with van der Waals surface area (Å²) in [4.78, 5) is 27.7. The standard InChI is InChI=1S/C24H21N3O6S/c1-3-31-16-7-4-14(5-8-16)20-19(22(29)23(30)27(20)24-26-25-13(2)34-24)21(28)15-6-9-17-18(12-15)33-11-10-32-17/h4-9,12,20,28H,3,10-11H2,1-2H3/b21-19+. The molecule has 0 saturated carbocycles. The summed E-state index contributed by atoms with van der Waals surface area (Å²) in [6, 6.07) is 11.0. The number of aliphatic hydroxyl groups excluding tert-OH is 1. The van der Waals surface area contributed by atoms with Crippen molar-refractivity contribution in [2.24, 2.45) is 0 Å². The van der Waals surface area contributed by atoms with Gasteiger partial charge >= 0.3 is 5.91 Å². The number of benzene rings is 2. The number of hydrogen-bond acceptors (Lipinski definition) is 9. The van der Waals surface area contributed by atoms with Crippen LogP contribution in [-0.4, -0.2) is 46.8 Å². The molecule has 3 heterocycles. The Hall–Kier alpha value is -3.92. The normalized spacial score (nSPS) is 18.9. The summed E-state index contributed by atoms with van der Waals surface area (Å²) in [5.74, 6) is -0.231. The van der Waals surface area contributed by atoms with Crippen LogP contribution < -0.4 is 19.1 Å². The number of nitrogens with zero attached hydrogens (tertiary/aromatic N) is 3. The minimum Gasteiger partial charge on any atom is -0.507 e. The summed E-state index contributed by atoms with van der Waals surface area (Å²) in [5.41, 5.74) is 0.917. The Morgan fingerprint density at radius 1 is 1.12 bits per heavy atom. The zero-order valence-corrected chi connectivity index (χ0v) is 19.3. The van der Waals surface area contributed by atoms with E-state index >= 15 is 0 Å². The van der Waals surface area contributed by atoms with E-state index in [0.717, 1.165) is 0 Å². The zero-order valence-electron chi connectivity index (χ0n) is 18.5. The second kappa shape index (κ2) is 8.79. The second-order valence-corrected chi connectivity index (χ2v) is 8.79. The average molecular weight is 480 g/mol. The SMILES string of the molecule is CCOc1ccc(C2/C(=C(\O)c3ccc4c(c3)OCCO4)C(=O)C(=O)N2c2nnc(C)s2)cc1. The molecule has 2 aliphatic rings. The van der Waals surface area contributed by atoms with E-state index in [9.17, 15) is 14.7 Å². The maximum absolute atomic E-state index is 13.2. The maximum atomic E-state index is 13.2. The molecule has 1 fully saturated rings. The number of ether oxygens (including phenoxy) is 3. The summed E-state index contributed by atoms with van der Waals surface area (Å²) >= 11 is 1.19. The molecule has 1 saturated heterocycles. The highest BCUT2D eigenvalue weighted by Crippen LogP contribution is 2.44. The van der Waals surface area contributed by atoms with Crippen molar-refractivity contribution in [3.05, 3.63) is 64.2 Å². The van der Waals surface area contributed by atoms with Crippen molar-refractivity contribution >= 4 is 33.9 Å². The van der Waals surface area contributed by atoms with Crippen molar-refractivity contribution in [1.82, 2.24) is 10.2 Å². The highest BCUT2D eigenvalue weighted by Gasteiger charge is 2.48. The van der Waals surface area contributed by atoms with Gasteiger partial charge in [-0.25, -0.2) is 0 Å². The fraction of sp³-hybridized carbons (Fsp3) is 0.250. The molecule has 34 heavy (non-hydrogen) atoms. The van der Waals surface area contributed by atoms with Crippen LogP contribution in [0.5, 0.6) is 17.2 Å². The van der Waals surface area contributed by atoms with Gasteiger partial charge in [0.15, 0.2) is 11.5 Å². The van der Waals surface area contributed by atoms with E-state index in [2.05, 4.69) is 10.2 Å². The molecule has 2 aliphatic heterocycles. The van der Waals surface area contributed by atoms with Gasteiger partial charge in [0.25, 0.3) is 5.78 Å². The summed E-state index contributed by atoms with van der Waals surface area (Å²) in [7, 11) is 0. The van der Waals surface area contributed by atoms with Gasteiger partial charge in [-0.3, -0.25) is 14.5 Å². The predicted molar refractivity (Wildman–Crippen MR) is 124 cm³/mol. The van der Waals surface area contributed by atoms with Gasteiger partial charge in [0.1, 0.15) is 29.7 Å². The third-order valence-electron chi connectivity index (χ3n) is 5.49. The molecule has 5 rings (SSSR count). The summed E-state index contributed by atoms with van der Waals surface area (Å²) in [6.07, 6.45) is 0. The topological polar surface area (TPSA) is 111 Å². The molecule has 1 amide bonds. The van der Waals surface area contributed by atoms with Crippen LogP contribution in [0.3, 0.4) is 0 Å². The molecule has 0 bridgehead atoms. The van der Waals surface area contributed by atoms with Gasteiger partial charge in [0.2, 0.25) is 5.13 Å². The summed E-state index contributed by atoms with van der Waals surface area (Å²) in [5, 5.41) is 20.3. The van der Waals surface area contributed by atoms with E-state index < -0.39 is 17.7 Å². The fourth-order valence-corrected chi connectivity index (χ4v) is 4.70. The van der Waals surface area contributed by atoms with Gasteiger partial charge in [-0.2, -0.15) is 0 Å². The number of anilines is 1. The zero-order chi connectivity index (χ0) is 23.8. The second-order valence-electron chi connectivity index (χ2n) is 7.63. The lowest BCUT2D eigenvalue weighted by Gasteiger charge is -2.23. The predicted octanol–water partition coefficient (Wildman–Crippen LogP) is 3.64. The molecule has 174 valence electrons. The van der Waals surface area contributed by atoms with E-state index in [0.29, 0.717) is 53.2 Å². The molecular formula is C24H21N3O6S. The highest BCUT2D eigenvalue weighted by molar-refractivity contribution is 7.15. The summed E-state index contributed by atoms with van der Waals surface area (Å²) in [6.45, 7) is 4.96. The fourth-order valence-electron chi connectivity index (χ4n) is 3.99. The van der Waals surface area contributed by atoms with Crippen molar-refractivity contribution in [3.63, 3.8) is 0 Å². The van der Waals surface area contributed by atoms with E-state index in [1.165, 1.54) is 16.2 Å². The van der Waals surface area contributed by atoms with Gasteiger partial charge in [-0.15, -0.1) is 10.2 Å². The molecule has 1 aromatic heterocycles. The monoisotopic (exact) mass is 479 g/mol. The number of amides is 1. The first-order valence-electron chi connectivity index (χ1n) is 10.7. The first kappa shape index (κ1) is 21.9. The number of carbonyl (C=O) groups is 2. The molecule has 1 N–H and O–H groups in total. The van der Waals surface area contributed by atoms with Crippen LogP contribution in [0, 0.1) is 6.92 Å². The molecule has 3 aromatic rings. The van der Waals surface area contributed by atoms with Gasteiger partial charge < -0.3 is 19.3 Å². The third kappa shape index (κ3) is 3.75. The number of aliphatic hydroxyl groups is 1. The number of ketones is 1. The number of rotatable bonds is 5. The molecular weight excluding hydrogens is 458 g/mol. The number of fused-ring (bicyclic) bond motifs is 1. The van der Waals surface area contributed by atoms with Crippen LogP contribution in [0.25, 0.3) is 5.76 Å². The van der Waals surface area contributed by atoms with E-state index in [-0.39, 0.29) is 16.5 Å². The first-order chi connectivity index (χ1) is 16.5. The first-order valence-corrected chi connectivity index (χ1v) is 11.5. The Labute approximate surface area is 199 Å². The van der Waals surface area contributed by atoms with Crippen molar-refractivity contribution in [2.45, 2.75) is 19.9 Å². The van der Waals surface area contributed by atoms with Gasteiger partial charge in [0, 0.05) is 5.56 Å². The molecule has 1 unspecified atom stereocenters. The Balaban J connectivity index is 1.65. The van der Waals surface area contributed by atoms with Crippen molar-refractivity contribution in [2.75, 3.05) is 24.7 Å². The van der Waals surface area contributed by atoms with Crippen LogP contribution in [0.4, 0.5) is 5.13 Å². The van der Waals surface area contributed by atoms with Crippen molar-refractivity contribution in [3.8, 4) is 17.2 Å². The molecule has 0 radical (unpaired) electrons. The number of aromatic nitrogens is 2. The molecule has 0 spiro atoms. The minimum atomic E-state index is -0.892. The Morgan fingerprint density at radius 2 is 1.85 bits per heavy atom. The maximum Gasteiger partial charge on any atom is 0.301 e. The molecule has 9 nitrogen and oxygen atoms in total. The Morgan fingerprint density at radius 3 is 2.53 bits per heavy atom. The largest absolute Gasteiger partial charge is 0.507 e. The molecule has 1 atom stereocenters. The number of aryl methyl sites for hydroxylation is 1. The third-order valence-corrected chi connectivity index (χ3v) is 6.33. The lowest BCUT2D eigenvalue weighted by molar-refractivity contribution is -0.132. The van der Waals surface area contributed by atoms with Crippen LogP contribution >= 0.6 is 11.3 Å². The van der Waals surface area contributed by atoms with Crippen LogP contribution in [0.15, 0.2) is 48.0 Å². The van der Waals surface area contributed by atoms with Gasteiger partial charge in [-0.1, -0.05) is 23.5 Å². The Bertz CT molecular complexity index is 1300. The van der Waals surface area contributed by atoms with Crippen molar-refractivity contribution < 1.29 is 28.9 Å². The lowest BCUT2D eigenvalue weighted by atomic mass is 9.95. The van der Waals surface area contributed by atoms with Crippen LogP contribution in [0.1, 0.15) is 29.1 Å². The van der Waals surface area contributed by atoms with Gasteiger partial charge in [-0.05, 0) is 49.7 Å². The van der Waals surface area contributed by atoms with E-state index in [1.54, 1.807) is 49.4 Å². The summed E-state index contributed by atoms with van der Waals surface area (Å²) < 4.78 is 16.7. The molecule has 0 aliphatic carbocycles. The highest BCUT2D eigenvalue weighted by atomic mass is 32.1. The van der Waals surface area contributed by atoms with Crippen molar-refractivity contribution in [1.29, 1.82) is 0 Å². The average Bonchev–Trinajstić information content (AvgIpc) is 3.39.